The number of alkyl halides is 1. The van der Waals surface area contributed by atoms with Gasteiger partial charge in [-0.05, 0) is 36.8 Å². The zero-order valence-electron chi connectivity index (χ0n) is 16.9. The van der Waals surface area contributed by atoms with E-state index in [-0.39, 0.29) is 11.8 Å². The number of carbonyl (C=O) groups is 1. The van der Waals surface area contributed by atoms with E-state index in [0.29, 0.717) is 13.1 Å². The predicted molar refractivity (Wildman–Crippen MR) is 123 cm³/mol. The average Bonchev–Trinajstić information content (AvgIpc) is 3.17. The number of anilines is 1. The van der Waals surface area contributed by atoms with E-state index in [1.54, 1.807) is 0 Å². The van der Waals surface area contributed by atoms with Gasteiger partial charge in [0.25, 0.3) is 0 Å². The van der Waals surface area contributed by atoms with E-state index in [4.69, 9.17) is 21.6 Å². The monoisotopic (exact) mass is 440 g/mol. The van der Waals surface area contributed by atoms with Crippen molar-refractivity contribution >= 4 is 44.9 Å². The highest BCUT2D eigenvalue weighted by Gasteiger charge is 2.27. The highest BCUT2D eigenvalue weighted by Crippen LogP contribution is 2.40. The molecule has 0 bridgehead atoms. The molecular weight excluding hydrogens is 416 g/mol. The lowest BCUT2D eigenvalue weighted by Crippen LogP contribution is -2.49. The third-order valence-electron chi connectivity index (χ3n) is 6.09. The van der Waals surface area contributed by atoms with Gasteiger partial charge in [0.15, 0.2) is 0 Å². The lowest BCUT2D eigenvalue weighted by atomic mass is 9.96. The Kier molecular flexibility index (Phi) is 5.61. The summed E-state index contributed by atoms with van der Waals surface area (Å²) in [5.41, 5.74) is 2.68. The van der Waals surface area contributed by atoms with Gasteiger partial charge in [-0.25, -0.2) is 9.97 Å². The van der Waals surface area contributed by atoms with E-state index in [9.17, 15) is 4.79 Å². The van der Waals surface area contributed by atoms with Crippen LogP contribution in [-0.2, 0) is 24.1 Å². The third-order valence-corrected chi connectivity index (χ3v) is 7.51. The van der Waals surface area contributed by atoms with Gasteiger partial charge >= 0.3 is 0 Å². The minimum Gasteiger partial charge on any atom is -0.352 e. The van der Waals surface area contributed by atoms with Crippen molar-refractivity contribution in [2.75, 3.05) is 37.0 Å². The summed E-state index contributed by atoms with van der Waals surface area (Å²) in [7, 11) is 0. The number of hydrogen-bond acceptors (Lipinski definition) is 5. The second kappa shape index (κ2) is 8.52. The first-order valence-electron chi connectivity index (χ1n) is 10.7. The molecule has 2 aliphatic rings. The van der Waals surface area contributed by atoms with Crippen molar-refractivity contribution in [1.29, 1.82) is 0 Å². The normalized spacial score (nSPS) is 16.7. The minimum atomic E-state index is 0.0156. The molecule has 30 heavy (non-hydrogen) atoms. The lowest BCUT2D eigenvalue weighted by molar-refractivity contribution is -0.128. The van der Waals surface area contributed by atoms with E-state index >= 15 is 0 Å². The predicted octanol–water partition coefficient (Wildman–Crippen LogP) is 4.05. The van der Waals surface area contributed by atoms with E-state index in [0.717, 1.165) is 48.8 Å². The van der Waals surface area contributed by atoms with Gasteiger partial charge in [-0.15, -0.1) is 22.9 Å². The summed E-state index contributed by atoms with van der Waals surface area (Å²) in [4.78, 5) is 28.9. The van der Waals surface area contributed by atoms with Crippen LogP contribution in [0.15, 0.2) is 30.3 Å². The van der Waals surface area contributed by atoms with E-state index in [1.165, 1.54) is 34.2 Å². The topological polar surface area (TPSA) is 49.3 Å². The molecule has 1 aliphatic heterocycles. The molecule has 0 N–H and O–H groups in total. The molecule has 0 spiro atoms. The zero-order chi connectivity index (χ0) is 20.5. The molecule has 1 saturated heterocycles. The second-order valence-electron chi connectivity index (χ2n) is 8.02. The molecule has 5 nitrogen and oxygen atoms in total. The van der Waals surface area contributed by atoms with Crippen molar-refractivity contribution in [3.8, 4) is 0 Å². The molecule has 0 saturated carbocycles. The fourth-order valence-corrected chi connectivity index (χ4v) is 5.96. The maximum absolute atomic E-state index is 12.0. The van der Waals surface area contributed by atoms with Crippen LogP contribution in [0.5, 0.6) is 0 Å². The zero-order valence-corrected chi connectivity index (χ0v) is 18.5. The standard InChI is InChI=1S/C23H25ClN4OS/c24-15-20(29)27-10-12-28(13-11-27)22-21-17-8-4-5-9-18(17)30-23(21)26-19(25-22)14-16-6-2-1-3-7-16/h1-3,6-7H,4-5,8-15H2. The molecule has 1 amide bonds. The van der Waals surface area contributed by atoms with E-state index < -0.39 is 0 Å². The Morgan fingerprint density at radius 1 is 1.03 bits per heavy atom. The third kappa shape index (κ3) is 3.79. The van der Waals surface area contributed by atoms with Gasteiger partial charge in [0.2, 0.25) is 5.91 Å². The number of halogens is 1. The number of amides is 1. The van der Waals surface area contributed by atoms with Crippen LogP contribution < -0.4 is 4.90 Å². The summed E-state index contributed by atoms with van der Waals surface area (Å²) in [6.07, 6.45) is 5.51. The van der Waals surface area contributed by atoms with Gasteiger partial charge in [0.1, 0.15) is 22.4 Å². The quantitative estimate of drug-likeness (QED) is 0.574. The van der Waals surface area contributed by atoms with Crippen molar-refractivity contribution < 1.29 is 4.79 Å². The Balaban J connectivity index is 1.53. The van der Waals surface area contributed by atoms with Crippen LogP contribution in [0.2, 0.25) is 0 Å². The number of aromatic nitrogens is 2. The second-order valence-corrected chi connectivity index (χ2v) is 9.37. The van der Waals surface area contributed by atoms with Gasteiger partial charge in [-0.1, -0.05) is 30.3 Å². The molecule has 3 aromatic rings. The van der Waals surface area contributed by atoms with Crippen molar-refractivity contribution in [1.82, 2.24) is 14.9 Å². The van der Waals surface area contributed by atoms with Crippen LogP contribution >= 0.6 is 22.9 Å². The van der Waals surface area contributed by atoms with Gasteiger partial charge in [0.05, 0.1) is 5.39 Å². The van der Waals surface area contributed by atoms with Crippen LogP contribution in [0.4, 0.5) is 5.82 Å². The molecule has 0 unspecified atom stereocenters. The van der Waals surface area contributed by atoms with Crippen LogP contribution in [0, 0.1) is 0 Å². The van der Waals surface area contributed by atoms with Crippen LogP contribution in [-0.4, -0.2) is 52.8 Å². The van der Waals surface area contributed by atoms with Crippen LogP contribution in [0.1, 0.15) is 34.7 Å². The number of hydrogen-bond donors (Lipinski definition) is 0. The highest BCUT2D eigenvalue weighted by molar-refractivity contribution is 7.19. The molecule has 1 aliphatic carbocycles. The Hall–Kier alpha value is -2.18. The average molecular weight is 441 g/mol. The Labute approximate surface area is 185 Å². The minimum absolute atomic E-state index is 0.0156. The summed E-state index contributed by atoms with van der Waals surface area (Å²) in [5.74, 6) is 2.00. The molecule has 7 heteroatoms. The van der Waals surface area contributed by atoms with Crippen molar-refractivity contribution in [3.63, 3.8) is 0 Å². The molecule has 2 aromatic heterocycles. The van der Waals surface area contributed by atoms with Crippen molar-refractivity contribution in [2.24, 2.45) is 0 Å². The number of aryl methyl sites for hydroxylation is 2. The number of benzene rings is 1. The molecular formula is C23H25ClN4OS. The summed E-state index contributed by atoms with van der Waals surface area (Å²) >= 11 is 7.61. The fraction of sp³-hybridized carbons (Fsp3) is 0.435. The van der Waals surface area contributed by atoms with Gasteiger partial charge in [-0.2, -0.15) is 0 Å². The first-order valence-corrected chi connectivity index (χ1v) is 12.0. The SMILES string of the molecule is O=C(CCl)N1CCN(c2nc(Cc3ccccc3)nc3sc4c(c23)CCCC4)CC1. The van der Waals surface area contributed by atoms with Crippen LogP contribution in [0.25, 0.3) is 10.2 Å². The Morgan fingerprint density at radius 2 is 1.80 bits per heavy atom. The molecule has 0 atom stereocenters. The highest BCUT2D eigenvalue weighted by atomic mass is 35.5. The van der Waals surface area contributed by atoms with E-state index in [2.05, 4.69) is 29.2 Å². The molecule has 3 heterocycles. The van der Waals surface area contributed by atoms with Crippen molar-refractivity contribution in [2.45, 2.75) is 32.1 Å². The Bertz CT molecular complexity index is 1060. The fourth-order valence-electron chi connectivity index (χ4n) is 4.52. The molecule has 0 radical (unpaired) electrons. The molecule has 5 rings (SSSR count). The maximum Gasteiger partial charge on any atom is 0.237 e. The first-order chi connectivity index (χ1) is 14.7. The summed E-state index contributed by atoms with van der Waals surface area (Å²) in [5, 5.41) is 1.25. The number of rotatable bonds is 4. The van der Waals surface area contributed by atoms with E-state index in [1.807, 2.05) is 22.3 Å². The molecule has 1 aromatic carbocycles. The summed E-state index contributed by atoms with van der Waals surface area (Å²) in [6, 6.07) is 10.4. The maximum atomic E-state index is 12.0. The number of fused-ring (bicyclic) bond motifs is 3. The number of carbonyl (C=O) groups excluding carboxylic acids is 1. The number of thiophene rings is 1. The number of nitrogens with zero attached hydrogens (tertiary/aromatic N) is 4. The Morgan fingerprint density at radius 3 is 2.57 bits per heavy atom. The molecule has 156 valence electrons. The van der Waals surface area contributed by atoms with Gasteiger partial charge in [-0.3, -0.25) is 4.79 Å². The van der Waals surface area contributed by atoms with Crippen LogP contribution in [0.3, 0.4) is 0 Å². The molecule has 1 fully saturated rings. The summed E-state index contributed by atoms with van der Waals surface area (Å²) in [6.45, 7) is 2.95. The van der Waals surface area contributed by atoms with Gasteiger partial charge in [0, 0.05) is 37.5 Å². The lowest BCUT2D eigenvalue weighted by Gasteiger charge is -2.35. The van der Waals surface area contributed by atoms with Crippen molar-refractivity contribution in [3.05, 3.63) is 52.2 Å². The largest absolute Gasteiger partial charge is 0.352 e. The summed E-state index contributed by atoms with van der Waals surface area (Å²) < 4.78 is 0. The number of piperazine rings is 1. The first kappa shape index (κ1) is 19.8. The smallest absolute Gasteiger partial charge is 0.237 e. The van der Waals surface area contributed by atoms with Gasteiger partial charge < -0.3 is 9.80 Å².